The molecule has 2 aromatic heterocycles. The molecule has 0 saturated heterocycles. The van der Waals surface area contributed by atoms with Gasteiger partial charge in [0.15, 0.2) is 0 Å². The Balaban J connectivity index is 1.29. The van der Waals surface area contributed by atoms with Crippen molar-refractivity contribution in [2.45, 2.75) is 58.4 Å². The number of carbonyl (C=O) groups excluding carboxylic acids is 3. The van der Waals surface area contributed by atoms with Crippen LogP contribution in [-0.4, -0.2) is 78.1 Å². The van der Waals surface area contributed by atoms with E-state index in [1.807, 2.05) is 0 Å². The summed E-state index contributed by atoms with van der Waals surface area (Å²) in [6, 6.07) is 12.2. The lowest BCUT2D eigenvalue weighted by Gasteiger charge is -2.20. The largest absolute Gasteiger partial charge is 0.493 e. The highest BCUT2D eigenvalue weighted by Gasteiger charge is 2.24. The minimum absolute atomic E-state index is 0.168. The van der Waals surface area contributed by atoms with Gasteiger partial charge in [0.1, 0.15) is 24.8 Å². The highest BCUT2D eigenvalue weighted by Crippen LogP contribution is 2.22. The van der Waals surface area contributed by atoms with Crippen molar-refractivity contribution in [3.05, 3.63) is 75.3 Å². The summed E-state index contributed by atoms with van der Waals surface area (Å²) in [4.78, 5) is 68.7. The molecule has 0 fully saturated rings. The maximum atomic E-state index is 12.9. The number of alkyl carbamates (subject to hydrolysis) is 1. The summed E-state index contributed by atoms with van der Waals surface area (Å²) in [5, 5.41) is 28.0. The molecule has 48 heavy (non-hydrogen) atoms. The van der Waals surface area contributed by atoms with E-state index >= 15 is 0 Å². The average Bonchev–Trinajstić information content (AvgIpc) is 3.52. The van der Waals surface area contributed by atoms with Crippen molar-refractivity contribution in [1.29, 1.82) is 0 Å². The first-order valence-electron chi connectivity index (χ1n) is 14.8. The first-order chi connectivity index (χ1) is 22.7. The Morgan fingerprint density at radius 2 is 1.79 bits per heavy atom. The fraction of sp³-hybridized carbons (Fsp3) is 0.355. The number of aromatic hydroxyl groups is 1. The SMILES string of the molecule is CC(C)(C)OC(=O)n1c(NCCCc2[nH]c(=O)n(CC(=O)NC[C@H](NC(=O)OCc3ccccc3Cl)C(=O)O)c2O)nc2ccccc21. The van der Waals surface area contributed by atoms with Crippen LogP contribution in [0.1, 0.15) is 38.4 Å². The zero-order valence-corrected chi connectivity index (χ0v) is 27.2. The van der Waals surface area contributed by atoms with E-state index in [0.29, 0.717) is 34.6 Å². The Bertz CT molecular complexity index is 1860. The van der Waals surface area contributed by atoms with Crippen LogP contribution in [0.4, 0.5) is 15.5 Å². The number of amides is 2. The minimum atomic E-state index is -1.55. The number of fused-ring (bicyclic) bond motifs is 1. The van der Waals surface area contributed by atoms with Crippen molar-refractivity contribution >= 4 is 52.6 Å². The molecule has 0 aliphatic carbocycles. The first kappa shape index (κ1) is 35.3. The van der Waals surface area contributed by atoms with Gasteiger partial charge in [-0.3, -0.25) is 9.36 Å². The van der Waals surface area contributed by atoms with Gasteiger partial charge < -0.3 is 40.6 Å². The van der Waals surface area contributed by atoms with Crippen LogP contribution in [0.2, 0.25) is 5.02 Å². The number of hydrogen-bond acceptors (Lipinski definition) is 10. The Morgan fingerprint density at radius 1 is 1.08 bits per heavy atom. The van der Waals surface area contributed by atoms with Crippen molar-refractivity contribution in [2.75, 3.05) is 18.4 Å². The molecule has 0 radical (unpaired) electrons. The summed E-state index contributed by atoms with van der Waals surface area (Å²) in [6.45, 7) is 4.22. The summed E-state index contributed by atoms with van der Waals surface area (Å²) in [5.74, 6) is -2.44. The number of aryl methyl sites for hydroxylation is 1. The maximum absolute atomic E-state index is 12.9. The molecule has 256 valence electrons. The summed E-state index contributed by atoms with van der Waals surface area (Å²) < 4.78 is 12.7. The van der Waals surface area contributed by atoms with Gasteiger partial charge in [-0.25, -0.2) is 28.7 Å². The van der Waals surface area contributed by atoms with E-state index in [-0.39, 0.29) is 24.7 Å². The number of ether oxygens (including phenoxy) is 2. The molecule has 17 heteroatoms. The number of carboxylic acid groups (broad SMARTS) is 1. The van der Waals surface area contributed by atoms with Crippen molar-refractivity contribution in [3.63, 3.8) is 0 Å². The lowest BCUT2D eigenvalue weighted by atomic mass is 10.2. The van der Waals surface area contributed by atoms with Gasteiger partial charge in [0, 0.05) is 23.7 Å². The third-order valence-corrected chi connectivity index (χ3v) is 7.13. The number of carbonyl (C=O) groups is 4. The number of aromatic amines is 1. The number of hydrogen-bond donors (Lipinski definition) is 6. The van der Waals surface area contributed by atoms with Gasteiger partial charge in [-0.15, -0.1) is 0 Å². The molecule has 0 bridgehead atoms. The summed E-state index contributed by atoms with van der Waals surface area (Å²) in [5.41, 5.74) is 0.345. The third-order valence-electron chi connectivity index (χ3n) is 6.76. The standard InChI is InChI=1S/C31H36ClN7O9/c1-31(2,3)48-30(46)39-23-13-7-6-11-20(23)35-27(39)33-14-8-12-21-25(41)38(28(44)36-21)16-24(40)34-15-22(26(42)43)37-29(45)47-17-18-9-4-5-10-19(18)32/h4-7,9-11,13,22,41H,8,12,14-17H2,1-3H3,(H,33,35)(H,34,40)(H,36,44)(H,37,45)(H,42,43)/t22-/m0/s1. The smallest absolute Gasteiger partial charge is 0.421 e. The Kier molecular flexibility index (Phi) is 11.3. The van der Waals surface area contributed by atoms with Gasteiger partial charge in [-0.05, 0) is 51.8 Å². The van der Waals surface area contributed by atoms with Crippen LogP contribution >= 0.6 is 11.6 Å². The third kappa shape index (κ3) is 9.28. The molecule has 0 aliphatic heterocycles. The highest BCUT2D eigenvalue weighted by molar-refractivity contribution is 6.31. The molecule has 16 nitrogen and oxygen atoms in total. The molecule has 1 atom stereocenters. The maximum Gasteiger partial charge on any atom is 0.421 e. The van der Waals surface area contributed by atoms with Gasteiger partial charge in [0.25, 0.3) is 0 Å². The lowest BCUT2D eigenvalue weighted by Crippen LogP contribution is -2.49. The van der Waals surface area contributed by atoms with E-state index in [4.69, 9.17) is 21.1 Å². The van der Waals surface area contributed by atoms with Crippen LogP contribution in [0, 0.1) is 0 Å². The Labute approximate surface area is 279 Å². The second kappa shape index (κ2) is 15.4. The van der Waals surface area contributed by atoms with Crippen LogP contribution in [0.25, 0.3) is 11.0 Å². The van der Waals surface area contributed by atoms with Crippen LogP contribution in [-0.2, 0) is 38.6 Å². The quantitative estimate of drug-likeness (QED) is 0.112. The molecule has 4 rings (SSSR count). The number of H-pyrrole nitrogens is 1. The Hall–Kier alpha value is -5.51. The highest BCUT2D eigenvalue weighted by atomic mass is 35.5. The van der Waals surface area contributed by atoms with Gasteiger partial charge >= 0.3 is 23.8 Å². The van der Waals surface area contributed by atoms with E-state index in [1.165, 1.54) is 4.57 Å². The monoisotopic (exact) mass is 685 g/mol. The molecule has 0 spiro atoms. The number of imidazole rings is 2. The number of carboxylic acids is 1. The van der Waals surface area contributed by atoms with Crippen molar-refractivity contribution < 1.29 is 38.9 Å². The molecular formula is C31H36ClN7O9. The topological polar surface area (TPSA) is 219 Å². The summed E-state index contributed by atoms with van der Waals surface area (Å²) >= 11 is 6.02. The van der Waals surface area contributed by atoms with E-state index in [0.717, 1.165) is 4.57 Å². The normalized spacial score (nSPS) is 11.9. The second-order valence-electron chi connectivity index (χ2n) is 11.6. The van der Waals surface area contributed by atoms with Crippen LogP contribution in [0.3, 0.4) is 0 Å². The fourth-order valence-corrected chi connectivity index (χ4v) is 4.68. The fourth-order valence-electron chi connectivity index (χ4n) is 4.49. The van der Waals surface area contributed by atoms with Gasteiger partial charge in [-0.2, -0.15) is 0 Å². The lowest BCUT2D eigenvalue weighted by molar-refractivity contribution is -0.139. The van der Waals surface area contributed by atoms with Gasteiger partial charge in [-0.1, -0.05) is 41.9 Å². The molecule has 0 unspecified atom stereocenters. The van der Waals surface area contributed by atoms with Gasteiger partial charge in [0.05, 0.1) is 16.7 Å². The van der Waals surface area contributed by atoms with Gasteiger partial charge in [0.2, 0.25) is 17.7 Å². The number of aromatic nitrogens is 4. The molecule has 2 amide bonds. The molecular weight excluding hydrogens is 650 g/mol. The Morgan fingerprint density at radius 3 is 2.50 bits per heavy atom. The minimum Gasteiger partial charge on any atom is -0.493 e. The number of halogens is 1. The molecule has 6 N–H and O–H groups in total. The molecule has 4 aromatic rings. The molecule has 0 aliphatic rings. The van der Waals surface area contributed by atoms with Crippen molar-refractivity contribution in [2.24, 2.45) is 0 Å². The predicted molar refractivity (Wildman–Crippen MR) is 174 cm³/mol. The number of benzene rings is 2. The van der Waals surface area contributed by atoms with Crippen molar-refractivity contribution in [1.82, 2.24) is 29.7 Å². The molecule has 2 heterocycles. The number of aliphatic carboxylic acids is 1. The number of nitrogens with zero attached hydrogens (tertiary/aromatic N) is 3. The van der Waals surface area contributed by atoms with E-state index < -0.39 is 60.4 Å². The molecule has 0 saturated carbocycles. The van der Waals surface area contributed by atoms with Crippen LogP contribution < -0.4 is 21.6 Å². The summed E-state index contributed by atoms with van der Waals surface area (Å²) in [6.07, 6.45) is -1.07. The predicted octanol–water partition coefficient (Wildman–Crippen LogP) is 3.21. The number of anilines is 1. The number of para-hydroxylation sites is 2. The van der Waals surface area contributed by atoms with Crippen LogP contribution in [0.5, 0.6) is 5.88 Å². The number of nitrogens with one attached hydrogen (secondary N) is 4. The van der Waals surface area contributed by atoms with E-state index in [2.05, 4.69) is 25.9 Å². The van der Waals surface area contributed by atoms with E-state index in [1.54, 1.807) is 69.3 Å². The molecule has 2 aromatic carbocycles. The van der Waals surface area contributed by atoms with Crippen LogP contribution in [0.15, 0.2) is 53.3 Å². The average molecular weight is 686 g/mol. The number of rotatable bonds is 13. The van der Waals surface area contributed by atoms with E-state index in [9.17, 15) is 34.2 Å². The zero-order chi connectivity index (χ0) is 35.0. The first-order valence-corrected chi connectivity index (χ1v) is 15.2. The second-order valence-corrected chi connectivity index (χ2v) is 12.0. The zero-order valence-electron chi connectivity index (χ0n) is 26.4. The summed E-state index contributed by atoms with van der Waals surface area (Å²) in [7, 11) is 0. The van der Waals surface area contributed by atoms with Crippen molar-refractivity contribution in [3.8, 4) is 5.88 Å².